The molecule has 2 aromatic carbocycles. The number of sulfonamides is 1. The lowest BCUT2D eigenvalue weighted by atomic mass is 9.94. The predicted octanol–water partition coefficient (Wildman–Crippen LogP) is 1.85. The van der Waals surface area contributed by atoms with Crippen LogP contribution >= 0.6 is 0 Å². The van der Waals surface area contributed by atoms with Crippen molar-refractivity contribution in [2.45, 2.75) is 30.4 Å². The lowest BCUT2D eigenvalue weighted by Gasteiger charge is -2.42. The maximum absolute atomic E-state index is 12.9. The molecule has 2 atom stereocenters. The quantitative estimate of drug-likeness (QED) is 0.569. The standard InChI is InChI=1S/C17H17NO7S2/c1-12-7-9-14(10-8-12)26(20,21)18-15(11-16(18)19)17(25-27(22,23)24)13-5-3-2-4-6-13/h2-10,15,17H,11H2,1H3,(H,22,23,24)/t15-,17?/m0/s1. The topological polar surface area (TPSA) is 118 Å². The molecule has 10 heteroatoms. The Morgan fingerprint density at radius 2 is 1.63 bits per heavy atom. The number of benzene rings is 2. The third kappa shape index (κ3) is 4.03. The van der Waals surface area contributed by atoms with E-state index in [4.69, 9.17) is 8.74 Å². The first kappa shape index (κ1) is 19.5. The van der Waals surface area contributed by atoms with Crippen LogP contribution in [-0.4, -0.2) is 37.6 Å². The second kappa shape index (κ2) is 7.04. The molecule has 2 aromatic rings. The molecule has 1 fully saturated rings. The second-order valence-corrected chi connectivity index (χ2v) is 9.00. The molecular weight excluding hydrogens is 394 g/mol. The molecule has 1 amide bonds. The molecule has 1 saturated heterocycles. The van der Waals surface area contributed by atoms with Crippen LogP contribution in [0.4, 0.5) is 0 Å². The fourth-order valence-electron chi connectivity index (χ4n) is 2.91. The molecule has 0 saturated carbocycles. The molecule has 1 unspecified atom stereocenters. The molecule has 3 rings (SSSR count). The average molecular weight is 411 g/mol. The van der Waals surface area contributed by atoms with Gasteiger partial charge in [0.1, 0.15) is 6.10 Å². The number of carbonyl (C=O) groups is 1. The van der Waals surface area contributed by atoms with Gasteiger partial charge in [-0.15, -0.1) is 0 Å². The van der Waals surface area contributed by atoms with Crippen LogP contribution in [0.15, 0.2) is 59.5 Å². The molecule has 0 spiro atoms. The van der Waals surface area contributed by atoms with Gasteiger partial charge in [0.25, 0.3) is 10.0 Å². The van der Waals surface area contributed by atoms with E-state index in [0.29, 0.717) is 9.87 Å². The SMILES string of the molecule is Cc1ccc(S(=O)(=O)N2C(=O)C[C@H]2C(OS(=O)(=O)O)c2ccccc2)cc1. The van der Waals surface area contributed by atoms with Crippen molar-refractivity contribution in [2.24, 2.45) is 0 Å². The van der Waals surface area contributed by atoms with Crippen LogP contribution in [-0.2, 0) is 29.4 Å². The Kier molecular flexibility index (Phi) is 5.08. The fourth-order valence-corrected chi connectivity index (χ4v) is 5.00. The molecule has 0 aromatic heterocycles. The van der Waals surface area contributed by atoms with E-state index in [-0.39, 0.29) is 11.3 Å². The highest BCUT2D eigenvalue weighted by Crippen LogP contribution is 2.38. The van der Waals surface area contributed by atoms with Gasteiger partial charge in [0.15, 0.2) is 0 Å². The molecule has 1 aliphatic heterocycles. The van der Waals surface area contributed by atoms with E-state index in [1.807, 2.05) is 0 Å². The number of nitrogens with zero attached hydrogens (tertiary/aromatic N) is 1. The molecule has 0 bridgehead atoms. The van der Waals surface area contributed by atoms with Crippen molar-refractivity contribution in [3.8, 4) is 0 Å². The van der Waals surface area contributed by atoms with E-state index >= 15 is 0 Å². The van der Waals surface area contributed by atoms with Crippen LogP contribution in [0, 0.1) is 6.92 Å². The van der Waals surface area contributed by atoms with Gasteiger partial charge in [-0.25, -0.2) is 16.9 Å². The van der Waals surface area contributed by atoms with E-state index in [2.05, 4.69) is 0 Å². The Balaban J connectivity index is 2.01. The van der Waals surface area contributed by atoms with Crippen molar-refractivity contribution in [1.82, 2.24) is 4.31 Å². The van der Waals surface area contributed by atoms with E-state index in [9.17, 15) is 21.6 Å². The highest BCUT2D eigenvalue weighted by atomic mass is 32.3. The summed E-state index contributed by atoms with van der Waals surface area (Å²) in [5.74, 6) is -0.680. The van der Waals surface area contributed by atoms with Gasteiger partial charge in [0.2, 0.25) is 5.91 Å². The zero-order valence-electron chi connectivity index (χ0n) is 14.2. The molecule has 0 aliphatic carbocycles. The Morgan fingerprint density at radius 3 is 2.15 bits per heavy atom. The number of β-lactam (4-membered cyclic amide) rings is 1. The van der Waals surface area contributed by atoms with Crippen LogP contribution in [0.3, 0.4) is 0 Å². The van der Waals surface area contributed by atoms with Gasteiger partial charge in [-0.2, -0.15) is 8.42 Å². The Hall–Kier alpha value is -2.27. The van der Waals surface area contributed by atoms with Crippen molar-refractivity contribution in [1.29, 1.82) is 0 Å². The Labute approximate surface area is 157 Å². The van der Waals surface area contributed by atoms with E-state index in [1.54, 1.807) is 37.3 Å². The largest absolute Gasteiger partial charge is 0.398 e. The third-order valence-corrected chi connectivity index (χ3v) is 6.52. The first-order valence-corrected chi connectivity index (χ1v) is 10.7. The normalized spacial score (nSPS) is 18.8. The lowest BCUT2D eigenvalue weighted by molar-refractivity contribution is -0.141. The highest BCUT2D eigenvalue weighted by Gasteiger charge is 2.50. The number of hydrogen-bond acceptors (Lipinski definition) is 6. The maximum atomic E-state index is 12.9. The predicted molar refractivity (Wildman–Crippen MR) is 95.4 cm³/mol. The molecule has 8 nitrogen and oxygen atoms in total. The first-order chi connectivity index (χ1) is 12.6. The molecule has 27 heavy (non-hydrogen) atoms. The summed E-state index contributed by atoms with van der Waals surface area (Å²) >= 11 is 0. The zero-order chi connectivity index (χ0) is 19.8. The minimum absolute atomic E-state index is 0.0928. The summed E-state index contributed by atoms with van der Waals surface area (Å²) in [6.45, 7) is 1.79. The highest BCUT2D eigenvalue weighted by molar-refractivity contribution is 7.89. The van der Waals surface area contributed by atoms with Crippen molar-refractivity contribution in [2.75, 3.05) is 0 Å². The van der Waals surface area contributed by atoms with Gasteiger partial charge in [-0.3, -0.25) is 9.35 Å². The summed E-state index contributed by atoms with van der Waals surface area (Å²) in [7, 11) is -9.08. The third-order valence-electron chi connectivity index (χ3n) is 4.21. The summed E-state index contributed by atoms with van der Waals surface area (Å²) in [5, 5.41) is 0. The number of amides is 1. The second-order valence-electron chi connectivity index (χ2n) is 6.13. The van der Waals surface area contributed by atoms with Crippen LogP contribution in [0.25, 0.3) is 0 Å². The molecule has 1 heterocycles. The van der Waals surface area contributed by atoms with Crippen molar-refractivity contribution >= 4 is 26.3 Å². The maximum Gasteiger partial charge on any atom is 0.398 e. The number of carbonyl (C=O) groups excluding carboxylic acids is 1. The smallest absolute Gasteiger partial charge is 0.274 e. The molecular formula is C17H17NO7S2. The summed E-state index contributed by atoms with van der Waals surface area (Å²) < 4.78 is 62.8. The van der Waals surface area contributed by atoms with Gasteiger partial charge >= 0.3 is 10.4 Å². The molecule has 0 radical (unpaired) electrons. The molecule has 1 aliphatic rings. The van der Waals surface area contributed by atoms with Crippen LogP contribution in [0.1, 0.15) is 23.7 Å². The van der Waals surface area contributed by atoms with Crippen molar-refractivity contribution in [3.63, 3.8) is 0 Å². The summed E-state index contributed by atoms with van der Waals surface area (Å²) in [6.07, 6.45) is -1.60. The monoisotopic (exact) mass is 411 g/mol. The lowest BCUT2D eigenvalue weighted by Crippen LogP contribution is -2.58. The fraction of sp³-hybridized carbons (Fsp3) is 0.235. The van der Waals surface area contributed by atoms with Crippen LogP contribution < -0.4 is 0 Å². The van der Waals surface area contributed by atoms with Gasteiger partial charge in [-0.05, 0) is 24.6 Å². The van der Waals surface area contributed by atoms with Gasteiger partial charge in [0, 0.05) is 0 Å². The Bertz CT molecular complexity index is 1050. The summed E-state index contributed by atoms with van der Waals surface area (Å²) in [6, 6.07) is 12.8. The van der Waals surface area contributed by atoms with Gasteiger partial charge in [-0.1, -0.05) is 48.0 Å². The molecule has 1 N–H and O–H groups in total. The number of hydrogen-bond donors (Lipinski definition) is 1. The van der Waals surface area contributed by atoms with E-state index < -0.39 is 38.5 Å². The van der Waals surface area contributed by atoms with Gasteiger partial charge in [0.05, 0.1) is 17.4 Å². The summed E-state index contributed by atoms with van der Waals surface area (Å²) in [5.41, 5.74) is 1.16. The zero-order valence-corrected chi connectivity index (χ0v) is 15.9. The van der Waals surface area contributed by atoms with E-state index in [0.717, 1.165) is 5.56 Å². The summed E-state index contributed by atoms with van der Waals surface area (Å²) in [4.78, 5) is 12.0. The first-order valence-electron chi connectivity index (χ1n) is 7.94. The minimum atomic E-state index is -4.88. The van der Waals surface area contributed by atoms with Crippen molar-refractivity contribution < 1.29 is 30.4 Å². The van der Waals surface area contributed by atoms with Crippen molar-refractivity contribution in [3.05, 3.63) is 65.7 Å². The van der Waals surface area contributed by atoms with Crippen LogP contribution in [0.5, 0.6) is 0 Å². The molecule has 144 valence electrons. The van der Waals surface area contributed by atoms with Gasteiger partial charge < -0.3 is 0 Å². The average Bonchev–Trinajstić information content (AvgIpc) is 2.57. The number of aryl methyl sites for hydroxylation is 1. The number of rotatable bonds is 6. The Morgan fingerprint density at radius 1 is 1.04 bits per heavy atom. The van der Waals surface area contributed by atoms with E-state index in [1.165, 1.54) is 24.3 Å². The van der Waals surface area contributed by atoms with Crippen LogP contribution in [0.2, 0.25) is 0 Å². The minimum Gasteiger partial charge on any atom is -0.274 e.